The number of piperidine rings is 1. The predicted molar refractivity (Wildman–Crippen MR) is 192 cm³/mol. The minimum Gasteiger partial charge on any atom is -0.490 e. The normalized spacial score (nSPS) is 21.5. The molecule has 53 heavy (non-hydrogen) atoms. The molecule has 0 spiro atoms. The van der Waals surface area contributed by atoms with Crippen LogP contribution in [0.5, 0.6) is 11.5 Å². The first-order valence-electron chi connectivity index (χ1n) is 17.8. The van der Waals surface area contributed by atoms with Crippen molar-refractivity contribution in [2.75, 3.05) is 38.8 Å². The van der Waals surface area contributed by atoms with Crippen LogP contribution in [0.1, 0.15) is 88.1 Å². The van der Waals surface area contributed by atoms with E-state index in [1.165, 1.54) is 18.3 Å². The van der Waals surface area contributed by atoms with E-state index in [2.05, 4.69) is 35.0 Å². The SMILES string of the molecule is COC(=O)c1ccc(O[C@H]2C[C@H](NCC3CCN(c4cnc(C(=O)N[C@H]5CC[C@H](Oc6ccc(C#N)c(Cl)c6)CC5)cn4)CC3)C2)c(F)c1C(=O)OC. The topological polar surface area (TPSA) is 165 Å². The van der Waals surface area contributed by atoms with Gasteiger partial charge in [0.25, 0.3) is 5.91 Å². The van der Waals surface area contributed by atoms with E-state index >= 15 is 4.39 Å². The summed E-state index contributed by atoms with van der Waals surface area (Å²) < 4.78 is 36.4. The van der Waals surface area contributed by atoms with Gasteiger partial charge in [0.1, 0.15) is 35.0 Å². The number of amides is 1. The molecule has 0 atom stereocenters. The third kappa shape index (κ3) is 9.15. The molecule has 3 fully saturated rings. The van der Waals surface area contributed by atoms with Crippen molar-refractivity contribution in [3.63, 3.8) is 0 Å². The second kappa shape index (κ2) is 17.2. The summed E-state index contributed by atoms with van der Waals surface area (Å²) in [6.07, 6.45) is 9.43. The Hall–Kier alpha value is -5.00. The van der Waals surface area contributed by atoms with Gasteiger partial charge in [-0.3, -0.25) is 4.79 Å². The molecule has 1 saturated heterocycles. The molecule has 3 aromatic rings. The molecule has 0 radical (unpaired) electrons. The zero-order chi connectivity index (χ0) is 37.5. The molecular formula is C38H42ClFN6O7. The van der Waals surface area contributed by atoms with E-state index in [4.69, 9.17) is 26.3 Å². The molecule has 0 bridgehead atoms. The first-order valence-corrected chi connectivity index (χ1v) is 18.2. The number of esters is 2. The van der Waals surface area contributed by atoms with E-state index in [1.807, 2.05) is 6.07 Å². The van der Waals surface area contributed by atoms with Gasteiger partial charge in [-0.05, 0) is 88.1 Å². The third-order valence-electron chi connectivity index (χ3n) is 10.2. The number of methoxy groups -OCH3 is 2. The Kier molecular flexibility index (Phi) is 12.3. The van der Waals surface area contributed by atoms with Crippen LogP contribution in [0.4, 0.5) is 10.2 Å². The fraction of sp³-hybridized carbons (Fsp3) is 0.474. The van der Waals surface area contributed by atoms with Crippen molar-refractivity contribution < 1.29 is 37.7 Å². The average Bonchev–Trinajstić information content (AvgIpc) is 3.16. The van der Waals surface area contributed by atoms with Gasteiger partial charge in [0.05, 0.1) is 48.9 Å². The summed E-state index contributed by atoms with van der Waals surface area (Å²) in [5, 5.41) is 16.1. The van der Waals surface area contributed by atoms with E-state index in [0.29, 0.717) is 35.1 Å². The van der Waals surface area contributed by atoms with Crippen LogP contribution in [0.15, 0.2) is 42.7 Å². The van der Waals surface area contributed by atoms with Crippen LogP contribution in [0, 0.1) is 23.1 Å². The number of carbonyl (C=O) groups is 3. The van der Waals surface area contributed by atoms with E-state index in [1.54, 1.807) is 24.4 Å². The molecule has 15 heteroatoms. The van der Waals surface area contributed by atoms with Crippen LogP contribution >= 0.6 is 11.6 Å². The van der Waals surface area contributed by atoms with Crippen molar-refractivity contribution in [1.82, 2.24) is 20.6 Å². The Morgan fingerprint density at radius 1 is 0.925 bits per heavy atom. The van der Waals surface area contributed by atoms with Crippen LogP contribution in [0.2, 0.25) is 5.02 Å². The lowest BCUT2D eigenvalue weighted by Crippen LogP contribution is -2.49. The molecule has 1 aliphatic heterocycles. The van der Waals surface area contributed by atoms with Gasteiger partial charge in [0.2, 0.25) is 0 Å². The van der Waals surface area contributed by atoms with Gasteiger partial charge < -0.3 is 34.5 Å². The number of halogens is 2. The van der Waals surface area contributed by atoms with Crippen LogP contribution in [0.3, 0.4) is 0 Å². The van der Waals surface area contributed by atoms with Crippen molar-refractivity contribution in [2.45, 2.75) is 75.7 Å². The zero-order valence-corrected chi connectivity index (χ0v) is 30.4. The molecule has 2 saturated carbocycles. The Morgan fingerprint density at radius 2 is 1.66 bits per heavy atom. The summed E-state index contributed by atoms with van der Waals surface area (Å²) in [5.74, 6) is -1.25. The minimum absolute atomic E-state index is 0.0142. The smallest absolute Gasteiger partial charge is 0.341 e. The van der Waals surface area contributed by atoms with Gasteiger partial charge in [-0.2, -0.15) is 5.26 Å². The van der Waals surface area contributed by atoms with Gasteiger partial charge in [0.15, 0.2) is 11.6 Å². The van der Waals surface area contributed by atoms with E-state index in [9.17, 15) is 14.4 Å². The van der Waals surface area contributed by atoms with Crippen molar-refractivity contribution >= 4 is 35.3 Å². The average molecular weight is 749 g/mol. The van der Waals surface area contributed by atoms with Crippen LogP contribution in [0.25, 0.3) is 0 Å². The summed E-state index contributed by atoms with van der Waals surface area (Å²) in [6.45, 7) is 2.50. The maximum atomic E-state index is 15.2. The molecule has 2 heterocycles. The number of benzene rings is 2. The fourth-order valence-electron chi connectivity index (χ4n) is 6.98. The van der Waals surface area contributed by atoms with Gasteiger partial charge in [-0.1, -0.05) is 11.6 Å². The van der Waals surface area contributed by atoms with Gasteiger partial charge in [-0.25, -0.2) is 23.9 Å². The monoisotopic (exact) mass is 748 g/mol. The molecule has 13 nitrogen and oxygen atoms in total. The number of nitriles is 1. The maximum absolute atomic E-state index is 15.2. The Morgan fingerprint density at radius 3 is 2.30 bits per heavy atom. The quantitative estimate of drug-likeness (QED) is 0.232. The number of anilines is 1. The van der Waals surface area contributed by atoms with Crippen molar-refractivity contribution in [3.05, 3.63) is 75.9 Å². The molecule has 0 unspecified atom stereocenters. The lowest BCUT2D eigenvalue weighted by molar-refractivity contribution is 0.0543. The summed E-state index contributed by atoms with van der Waals surface area (Å²) in [6, 6.07) is 10.00. The number of nitrogens with one attached hydrogen (secondary N) is 2. The first kappa shape index (κ1) is 37.7. The Balaban J connectivity index is 0.881. The Labute approximate surface area is 312 Å². The number of hydrogen-bond acceptors (Lipinski definition) is 12. The highest BCUT2D eigenvalue weighted by Gasteiger charge is 2.34. The van der Waals surface area contributed by atoms with E-state index in [0.717, 1.165) is 78.2 Å². The number of hydrogen-bond donors (Lipinski definition) is 2. The number of ether oxygens (including phenoxy) is 4. The summed E-state index contributed by atoms with van der Waals surface area (Å²) in [5.41, 5.74) is -0.0318. The number of aromatic nitrogens is 2. The second-order valence-corrected chi connectivity index (χ2v) is 14.0. The highest BCUT2D eigenvalue weighted by atomic mass is 35.5. The van der Waals surface area contributed by atoms with Crippen molar-refractivity contribution in [2.24, 2.45) is 5.92 Å². The highest BCUT2D eigenvalue weighted by Crippen LogP contribution is 2.32. The first-order chi connectivity index (χ1) is 25.6. The Bertz CT molecular complexity index is 1840. The summed E-state index contributed by atoms with van der Waals surface area (Å²) in [7, 11) is 2.26. The van der Waals surface area contributed by atoms with E-state index in [-0.39, 0.29) is 47.2 Å². The lowest BCUT2D eigenvalue weighted by atomic mass is 9.88. The predicted octanol–water partition coefficient (Wildman–Crippen LogP) is 5.25. The van der Waals surface area contributed by atoms with E-state index < -0.39 is 23.3 Å². The third-order valence-corrected chi connectivity index (χ3v) is 10.5. The lowest BCUT2D eigenvalue weighted by Gasteiger charge is -2.38. The molecule has 1 aromatic heterocycles. The summed E-state index contributed by atoms with van der Waals surface area (Å²) in [4.78, 5) is 48.3. The molecule has 280 valence electrons. The van der Waals surface area contributed by atoms with Gasteiger partial charge in [0, 0.05) is 31.2 Å². The molecule has 1 amide bonds. The van der Waals surface area contributed by atoms with Crippen molar-refractivity contribution in [1.29, 1.82) is 5.26 Å². The molecule has 2 aliphatic carbocycles. The molecule has 2 aromatic carbocycles. The standard InChI is InChI=1S/C38H42ClFN6O7/c1-50-37(48)29-9-10-32(35(40)34(29)38(49)51-2)53-28-15-25(16-28)42-19-22-11-13-46(14-12-22)33-21-43-31(20-44-33)36(47)45-24-4-7-26(8-5-24)52-27-6-3-23(18-41)30(39)17-27/h3,6,9-10,17,20-22,24-26,28,42H,4-5,7-8,11-16,19H2,1-2H3,(H,45,47)/t24-,25-,26-,28-. The van der Waals surface area contributed by atoms with Crippen LogP contribution in [-0.2, 0) is 9.47 Å². The molecule has 3 aliphatic rings. The van der Waals surface area contributed by atoms with Gasteiger partial charge >= 0.3 is 11.9 Å². The molecular weight excluding hydrogens is 707 g/mol. The molecule has 6 rings (SSSR count). The zero-order valence-electron chi connectivity index (χ0n) is 29.6. The minimum atomic E-state index is -0.981. The van der Waals surface area contributed by atoms with Gasteiger partial charge in [-0.15, -0.1) is 0 Å². The largest absolute Gasteiger partial charge is 0.490 e. The van der Waals surface area contributed by atoms with Crippen LogP contribution in [-0.4, -0.2) is 86.0 Å². The number of carbonyl (C=O) groups excluding carboxylic acids is 3. The molecule has 2 N–H and O–H groups in total. The van der Waals surface area contributed by atoms with Crippen molar-refractivity contribution in [3.8, 4) is 17.6 Å². The number of nitrogens with zero attached hydrogens (tertiary/aromatic N) is 4. The maximum Gasteiger partial charge on any atom is 0.341 e. The highest BCUT2D eigenvalue weighted by molar-refractivity contribution is 6.31. The fourth-order valence-corrected chi connectivity index (χ4v) is 7.19. The number of rotatable bonds is 12. The van der Waals surface area contributed by atoms with Crippen LogP contribution < -0.4 is 25.0 Å². The summed E-state index contributed by atoms with van der Waals surface area (Å²) >= 11 is 6.13. The second-order valence-electron chi connectivity index (χ2n) is 13.6.